The van der Waals surface area contributed by atoms with Gasteiger partial charge in [-0.05, 0) is 37.6 Å². The van der Waals surface area contributed by atoms with Gasteiger partial charge in [-0.1, -0.05) is 17.7 Å². The quantitative estimate of drug-likeness (QED) is 0.871. The summed E-state index contributed by atoms with van der Waals surface area (Å²) in [7, 11) is 0. The van der Waals surface area contributed by atoms with E-state index in [-0.39, 0.29) is 18.4 Å². The Morgan fingerprint density at radius 1 is 1.37 bits per heavy atom. The molecule has 0 spiro atoms. The smallest absolute Gasteiger partial charge is 0.311 e. The number of carbonyl (C=O) groups is 2. The van der Waals surface area contributed by atoms with E-state index >= 15 is 0 Å². The molecule has 0 bridgehead atoms. The zero-order chi connectivity index (χ0) is 19.2. The van der Waals surface area contributed by atoms with Crippen LogP contribution in [-0.2, 0) is 9.53 Å². The number of carbonyl (C=O) groups excluding carboxylic acids is 1. The molecular weight excluding hydrogens is 370 g/mol. The second kappa shape index (κ2) is 6.65. The Kier molecular flexibility index (Phi) is 4.44. The summed E-state index contributed by atoms with van der Waals surface area (Å²) in [6.45, 7) is 3.20. The van der Waals surface area contributed by atoms with E-state index in [0.29, 0.717) is 36.9 Å². The van der Waals surface area contributed by atoms with E-state index in [2.05, 4.69) is 5.10 Å². The van der Waals surface area contributed by atoms with Gasteiger partial charge >= 0.3 is 5.97 Å². The lowest BCUT2D eigenvalue weighted by atomic mass is 9.74. The van der Waals surface area contributed by atoms with Crippen LogP contribution < -0.4 is 0 Å². The highest BCUT2D eigenvalue weighted by Crippen LogP contribution is 2.42. The molecule has 0 unspecified atom stereocenters. The second-order valence-electron chi connectivity index (χ2n) is 7.23. The third-order valence-electron chi connectivity index (χ3n) is 5.58. The van der Waals surface area contributed by atoms with Crippen molar-refractivity contribution >= 4 is 23.5 Å². The van der Waals surface area contributed by atoms with E-state index in [9.17, 15) is 14.7 Å². The first-order valence-electron chi connectivity index (χ1n) is 8.84. The van der Waals surface area contributed by atoms with E-state index in [1.54, 1.807) is 27.8 Å². The molecule has 1 aromatic carbocycles. The number of ether oxygens (including phenoxy) is 1. The van der Waals surface area contributed by atoms with Gasteiger partial charge in [-0.2, -0.15) is 5.10 Å². The Labute approximate surface area is 161 Å². The zero-order valence-electron chi connectivity index (χ0n) is 14.9. The fourth-order valence-electron chi connectivity index (χ4n) is 4.06. The molecule has 7 nitrogen and oxygen atoms in total. The predicted molar refractivity (Wildman–Crippen MR) is 98.2 cm³/mol. The molecule has 0 aliphatic carbocycles. The van der Waals surface area contributed by atoms with Crippen molar-refractivity contribution in [3.63, 3.8) is 0 Å². The maximum atomic E-state index is 13.0. The number of carboxylic acids is 1. The minimum absolute atomic E-state index is 0.191. The number of likely N-dealkylation sites (tertiary alicyclic amines) is 1. The standard InChI is InChI=1S/C19H20ClN3O4/c1-12-7-16(21-23(12)15-4-2-3-14(20)8-15)17(24)22-9-13-10-27-6-5-19(13,11-22)18(25)26/h2-4,7-8,13H,5-6,9-11H2,1H3,(H,25,26)/t13-,19+/m0/s1. The first-order valence-corrected chi connectivity index (χ1v) is 9.21. The first kappa shape index (κ1) is 18.0. The molecule has 27 heavy (non-hydrogen) atoms. The molecule has 3 heterocycles. The molecule has 142 valence electrons. The van der Waals surface area contributed by atoms with Gasteiger partial charge in [0.2, 0.25) is 0 Å². The molecule has 8 heteroatoms. The molecule has 1 aromatic heterocycles. The Bertz CT molecular complexity index is 912. The lowest BCUT2D eigenvalue weighted by molar-refractivity contribution is -0.157. The monoisotopic (exact) mass is 389 g/mol. The lowest BCUT2D eigenvalue weighted by Gasteiger charge is -2.33. The van der Waals surface area contributed by atoms with Crippen LogP contribution in [0.3, 0.4) is 0 Å². The van der Waals surface area contributed by atoms with Gasteiger partial charge in [0.1, 0.15) is 0 Å². The van der Waals surface area contributed by atoms with Crippen LogP contribution in [0.2, 0.25) is 5.02 Å². The highest BCUT2D eigenvalue weighted by atomic mass is 35.5. The van der Waals surface area contributed by atoms with Crippen molar-refractivity contribution in [2.75, 3.05) is 26.3 Å². The Morgan fingerprint density at radius 2 is 2.19 bits per heavy atom. The van der Waals surface area contributed by atoms with E-state index in [1.807, 2.05) is 19.1 Å². The van der Waals surface area contributed by atoms with Crippen LogP contribution in [0.5, 0.6) is 0 Å². The van der Waals surface area contributed by atoms with Crippen molar-refractivity contribution in [1.29, 1.82) is 0 Å². The third kappa shape index (κ3) is 3.00. The summed E-state index contributed by atoms with van der Waals surface area (Å²) >= 11 is 6.05. The van der Waals surface area contributed by atoms with Gasteiger partial charge in [-0.3, -0.25) is 9.59 Å². The molecule has 0 saturated carbocycles. The molecule has 2 fully saturated rings. The fraction of sp³-hybridized carbons (Fsp3) is 0.421. The summed E-state index contributed by atoms with van der Waals surface area (Å²) in [5, 5.41) is 14.8. The largest absolute Gasteiger partial charge is 0.481 e. The van der Waals surface area contributed by atoms with E-state index in [0.717, 1.165) is 11.4 Å². The molecule has 1 amide bonds. The Morgan fingerprint density at radius 3 is 2.89 bits per heavy atom. The molecule has 2 aliphatic heterocycles. The zero-order valence-corrected chi connectivity index (χ0v) is 15.6. The molecular formula is C19H20ClN3O4. The average molecular weight is 390 g/mol. The van der Waals surface area contributed by atoms with Gasteiger partial charge in [0.15, 0.2) is 5.69 Å². The minimum atomic E-state index is -0.918. The highest BCUT2D eigenvalue weighted by Gasteiger charge is 2.55. The van der Waals surface area contributed by atoms with Crippen molar-refractivity contribution in [1.82, 2.24) is 14.7 Å². The molecule has 2 aromatic rings. The van der Waals surface area contributed by atoms with Gasteiger partial charge in [-0.25, -0.2) is 4.68 Å². The summed E-state index contributed by atoms with van der Waals surface area (Å²) in [5.74, 6) is -1.30. The van der Waals surface area contributed by atoms with Crippen LogP contribution in [0, 0.1) is 18.3 Å². The minimum Gasteiger partial charge on any atom is -0.481 e. The topological polar surface area (TPSA) is 84.7 Å². The van der Waals surface area contributed by atoms with Gasteiger partial charge in [0.05, 0.1) is 17.7 Å². The summed E-state index contributed by atoms with van der Waals surface area (Å²) in [5.41, 5.74) is 0.948. The van der Waals surface area contributed by atoms with E-state index < -0.39 is 11.4 Å². The number of aryl methyl sites for hydroxylation is 1. The van der Waals surface area contributed by atoms with Crippen LogP contribution in [0.4, 0.5) is 0 Å². The van der Waals surface area contributed by atoms with Gasteiger partial charge in [-0.15, -0.1) is 0 Å². The number of carboxylic acid groups (broad SMARTS) is 1. The van der Waals surface area contributed by atoms with Crippen LogP contribution >= 0.6 is 11.6 Å². The van der Waals surface area contributed by atoms with Gasteiger partial charge < -0.3 is 14.7 Å². The first-order chi connectivity index (χ1) is 12.9. The van der Waals surface area contributed by atoms with Crippen LogP contribution in [0.15, 0.2) is 30.3 Å². The number of aliphatic carboxylic acids is 1. The highest BCUT2D eigenvalue weighted by molar-refractivity contribution is 6.30. The van der Waals surface area contributed by atoms with Crippen LogP contribution in [-0.4, -0.2) is 58.0 Å². The fourth-order valence-corrected chi connectivity index (χ4v) is 4.25. The Balaban J connectivity index is 1.61. The summed E-state index contributed by atoms with van der Waals surface area (Å²) < 4.78 is 7.12. The second-order valence-corrected chi connectivity index (χ2v) is 7.67. The van der Waals surface area contributed by atoms with E-state index in [4.69, 9.17) is 16.3 Å². The summed E-state index contributed by atoms with van der Waals surface area (Å²) in [6.07, 6.45) is 0.423. The molecule has 0 radical (unpaired) electrons. The van der Waals surface area contributed by atoms with E-state index in [1.165, 1.54) is 0 Å². The summed E-state index contributed by atoms with van der Waals surface area (Å²) in [4.78, 5) is 26.5. The van der Waals surface area contributed by atoms with Gasteiger partial charge in [0.25, 0.3) is 5.91 Å². The number of benzene rings is 1. The Hall–Kier alpha value is -2.38. The average Bonchev–Trinajstić information content (AvgIpc) is 3.23. The van der Waals surface area contributed by atoms with Crippen molar-refractivity contribution < 1.29 is 19.4 Å². The number of amides is 1. The third-order valence-corrected chi connectivity index (χ3v) is 5.81. The molecule has 1 N–H and O–H groups in total. The normalized spacial score (nSPS) is 24.7. The number of halogens is 1. The van der Waals surface area contributed by atoms with Crippen molar-refractivity contribution in [3.8, 4) is 5.69 Å². The SMILES string of the molecule is Cc1cc(C(=O)N2C[C@H]3COCC[C@@]3(C(=O)O)C2)nn1-c1cccc(Cl)c1. The molecule has 4 rings (SSSR count). The maximum Gasteiger partial charge on any atom is 0.311 e. The molecule has 2 saturated heterocycles. The van der Waals surface area contributed by atoms with Crippen molar-refractivity contribution in [2.45, 2.75) is 13.3 Å². The van der Waals surface area contributed by atoms with Crippen LogP contribution in [0.25, 0.3) is 5.69 Å². The molecule has 2 aliphatic rings. The number of aromatic nitrogens is 2. The summed E-state index contributed by atoms with van der Waals surface area (Å²) in [6, 6.07) is 8.95. The van der Waals surface area contributed by atoms with Gasteiger partial charge in [0, 0.05) is 36.3 Å². The lowest BCUT2D eigenvalue weighted by Crippen LogP contribution is -2.45. The number of hydrogen-bond acceptors (Lipinski definition) is 4. The van der Waals surface area contributed by atoms with Crippen molar-refractivity contribution in [2.24, 2.45) is 11.3 Å². The number of fused-ring (bicyclic) bond motifs is 1. The predicted octanol–water partition coefficient (Wildman–Crippen LogP) is 2.40. The van der Waals surface area contributed by atoms with Crippen molar-refractivity contribution in [3.05, 3.63) is 46.7 Å². The number of nitrogens with zero attached hydrogens (tertiary/aromatic N) is 3. The molecule has 2 atom stereocenters. The van der Waals surface area contributed by atoms with Crippen LogP contribution in [0.1, 0.15) is 22.6 Å². The number of hydrogen-bond donors (Lipinski definition) is 1. The number of rotatable bonds is 3. The maximum absolute atomic E-state index is 13.0.